The number of fused-ring (bicyclic) bond motifs is 1. The Morgan fingerprint density at radius 3 is 2.67 bits per heavy atom. The molecule has 2 aromatic rings. The predicted octanol–water partition coefficient (Wildman–Crippen LogP) is 4.09. The first-order chi connectivity index (χ1) is 12.9. The van der Waals surface area contributed by atoms with E-state index in [4.69, 9.17) is 23.4 Å². The lowest BCUT2D eigenvalue weighted by molar-refractivity contribution is 0.234. The number of methoxy groups -OCH3 is 2. The first-order valence-electron chi connectivity index (χ1n) is 9.01. The Labute approximate surface area is 158 Å². The van der Waals surface area contributed by atoms with Gasteiger partial charge in [-0.15, -0.1) is 0 Å². The molecule has 27 heavy (non-hydrogen) atoms. The van der Waals surface area contributed by atoms with Crippen molar-refractivity contribution in [3.05, 3.63) is 40.3 Å². The Balaban J connectivity index is 1.79. The molecule has 0 N–H and O–H groups in total. The third-order valence-corrected chi connectivity index (χ3v) is 4.82. The molecule has 6 nitrogen and oxygen atoms in total. The van der Waals surface area contributed by atoms with E-state index < -0.39 is 5.63 Å². The van der Waals surface area contributed by atoms with Gasteiger partial charge in [0.25, 0.3) is 0 Å². The zero-order valence-corrected chi connectivity index (χ0v) is 16.5. The molecule has 1 aliphatic heterocycles. The maximum Gasteiger partial charge on any atom is 0.336 e. The monoisotopic (exact) mass is 374 g/mol. The van der Waals surface area contributed by atoms with Gasteiger partial charge in [0.1, 0.15) is 12.7 Å². The van der Waals surface area contributed by atoms with Gasteiger partial charge in [-0.25, -0.2) is 4.79 Å². The second kappa shape index (κ2) is 7.64. The van der Waals surface area contributed by atoms with Crippen LogP contribution in [0.4, 0.5) is 0 Å². The fourth-order valence-corrected chi connectivity index (χ4v) is 3.14. The summed E-state index contributed by atoms with van der Waals surface area (Å²) in [6, 6.07) is 4.79. The molecule has 2 unspecified atom stereocenters. The Bertz CT molecular complexity index is 909. The average molecular weight is 374 g/mol. The molecule has 1 aromatic carbocycles. The Hall–Kier alpha value is -2.47. The number of hydrogen-bond donors (Lipinski definition) is 0. The van der Waals surface area contributed by atoms with Gasteiger partial charge in [0.05, 0.1) is 19.8 Å². The van der Waals surface area contributed by atoms with E-state index in [1.54, 1.807) is 19.2 Å². The van der Waals surface area contributed by atoms with E-state index in [0.29, 0.717) is 34.8 Å². The van der Waals surface area contributed by atoms with E-state index >= 15 is 0 Å². The molecule has 0 bridgehead atoms. The highest BCUT2D eigenvalue weighted by atomic mass is 16.6. The van der Waals surface area contributed by atoms with E-state index in [-0.39, 0.29) is 11.7 Å². The van der Waals surface area contributed by atoms with Gasteiger partial charge < -0.3 is 23.4 Å². The smallest absolute Gasteiger partial charge is 0.336 e. The van der Waals surface area contributed by atoms with Gasteiger partial charge in [-0.05, 0) is 45.7 Å². The summed E-state index contributed by atoms with van der Waals surface area (Å²) >= 11 is 0. The summed E-state index contributed by atoms with van der Waals surface area (Å²) in [7, 11) is 3.06. The quantitative estimate of drug-likeness (QED) is 0.394. The van der Waals surface area contributed by atoms with E-state index in [1.807, 2.05) is 0 Å². The maximum atomic E-state index is 11.6. The molecule has 1 saturated heterocycles. The number of ether oxygens (including phenoxy) is 4. The summed E-state index contributed by atoms with van der Waals surface area (Å²) < 4.78 is 28.1. The number of rotatable bonds is 8. The number of allylic oxidation sites excluding steroid dienone is 2. The highest BCUT2D eigenvalue weighted by Gasteiger charge is 2.52. The molecule has 1 aromatic heterocycles. The van der Waals surface area contributed by atoms with Gasteiger partial charge in [-0.2, -0.15) is 0 Å². The summed E-state index contributed by atoms with van der Waals surface area (Å²) in [5.41, 5.74) is 1.01. The number of epoxide rings is 1. The average Bonchev–Trinajstić information content (AvgIpc) is 3.28. The molecular formula is C21H26O6. The molecule has 0 radical (unpaired) electrons. The minimum absolute atomic E-state index is 0.00375. The topological polar surface area (TPSA) is 70.4 Å². The van der Waals surface area contributed by atoms with Crippen LogP contribution in [-0.2, 0) is 4.74 Å². The lowest BCUT2D eigenvalue weighted by Crippen LogP contribution is -2.16. The van der Waals surface area contributed by atoms with E-state index in [0.717, 1.165) is 12.8 Å². The van der Waals surface area contributed by atoms with Crippen molar-refractivity contribution in [1.29, 1.82) is 0 Å². The highest BCUT2D eigenvalue weighted by molar-refractivity contribution is 5.88. The van der Waals surface area contributed by atoms with Gasteiger partial charge in [0.15, 0.2) is 11.3 Å². The van der Waals surface area contributed by atoms with E-state index in [2.05, 4.69) is 26.8 Å². The predicted molar refractivity (Wildman–Crippen MR) is 103 cm³/mol. The van der Waals surface area contributed by atoms with Gasteiger partial charge in [-0.3, -0.25) is 0 Å². The van der Waals surface area contributed by atoms with Crippen LogP contribution in [0.1, 0.15) is 33.6 Å². The first-order valence-corrected chi connectivity index (χ1v) is 9.01. The second-order valence-corrected chi connectivity index (χ2v) is 7.16. The molecular weight excluding hydrogens is 348 g/mol. The van der Waals surface area contributed by atoms with Crippen LogP contribution >= 0.6 is 0 Å². The molecule has 3 rings (SSSR count). The van der Waals surface area contributed by atoms with Crippen LogP contribution in [0.15, 0.2) is 39.1 Å². The highest BCUT2D eigenvalue weighted by Crippen LogP contribution is 2.45. The zero-order valence-electron chi connectivity index (χ0n) is 16.5. The van der Waals surface area contributed by atoms with Crippen molar-refractivity contribution in [2.45, 2.75) is 45.3 Å². The van der Waals surface area contributed by atoms with Crippen molar-refractivity contribution in [1.82, 2.24) is 0 Å². The molecule has 0 amide bonds. The fourth-order valence-electron chi connectivity index (χ4n) is 3.14. The van der Waals surface area contributed by atoms with Gasteiger partial charge in [0, 0.05) is 11.5 Å². The summed E-state index contributed by atoms with van der Waals surface area (Å²) in [5, 5.41) is 0.699. The normalized spacial score (nSPS) is 21.0. The molecule has 0 saturated carbocycles. The third-order valence-electron chi connectivity index (χ3n) is 4.82. The van der Waals surface area contributed by atoms with Crippen LogP contribution in [0.25, 0.3) is 11.0 Å². The van der Waals surface area contributed by atoms with Crippen LogP contribution in [0.3, 0.4) is 0 Å². The Kier molecular flexibility index (Phi) is 5.46. The molecule has 2 heterocycles. The molecule has 146 valence electrons. The maximum absolute atomic E-state index is 11.6. The zero-order chi connectivity index (χ0) is 19.6. The van der Waals surface area contributed by atoms with E-state index in [9.17, 15) is 4.79 Å². The summed E-state index contributed by atoms with van der Waals surface area (Å²) in [5.74, 6) is 1.26. The van der Waals surface area contributed by atoms with Crippen LogP contribution in [0.5, 0.6) is 17.2 Å². The van der Waals surface area contributed by atoms with Crippen LogP contribution < -0.4 is 19.8 Å². The van der Waals surface area contributed by atoms with Crippen molar-refractivity contribution in [2.75, 3.05) is 20.8 Å². The molecule has 0 aliphatic carbocycles. The minimum Gasteiger partial charge on any atom is -0.493 e. The van der Waals surface area contributed by atoms with Gasteiger partial charge in [0.2, 0.25) is 11.5 Å². The number of benzene rings is 1. The molecule has 2 atom stereocenters. The van der Waals surface area contributed by atoms with Crippen LogP contribution in [-0.4, -0.2) is 32.5 Å². The summed E-state index contributed by atoms with van der Waals surface area (Å²) in [4.78, 5) is 11.6. The van der Waals surface area contributed by atoms with Gasteiger partial charge >= 0.3 is 5.63 Å². The minimum atomic E-state index is -0.450. The third kappa shape index (κ3) is 4.11. The van der Waals surface area contributed by atoms with Crippen molar-refractivity contribution in [2.24, 2.45) is 0 Å². The van der Waals surface area contributed by atoms with Crippen molar-refractivity contribution >= 4 is 11.0 Å². The standard InChI is InChI=1S/C21H26O6/c1-13(2)7-6-10-21(3)16(27-21)12-25-19-15(23-4)11-14-8-9-17(22)26-18(14)20(19)24-5/h7-9,11,16H,6,10,12H2,1-5H3. The first kappa shape index (κ1) is 19.3. The van der Waals surface area contributed by atoms with E-state index in [1.165, 1.54) is 18.7 Å². The lowest BCUT2D eigenvalue weighted by Gasteiger charge is -2.15. The van der Waals surface area contributed by atoms with Crippen molar-refractivity contribution in [3.8, 4) is 17.2 Å². The van der Waals surface area contributed by atoms with Crippen molar-refractivity contribution < 1.29 is 23.4 Å². The molecule has 6 heteroatoms. The van der Waals surface area contributed by atoms with Crippen LogP contribution in [0.2, 0.25) is 0 Å². The molecule has 0 spiro atoms. The molecule has 1 aliphatic rings. The van der Waals surface area contributed by atoms with Gasteiger partial charge in [-0.1, -0.05) is 11.6 Å². The Morgan fingerprint density at radius 1 is 1.22 bits per heavy atom. The molecule has 1 fully saturated rings. The van der Waals surface area contributed by atoms with Crippen LogP contribution in [0, 0.1) is 0 Å². The SMILES string of the molecule is COc1cc2ccc(=O)oc2c(OC)c1OCC1OC1(C)CCC=C(C)C. The lowest BCUT2D eigenvalue weighted by atomic mass is 10.0. The van der Waals surface area contributed by atoms with Crippen molar-refractivity contribution in [3.63, 3.8) is 0 Å². The Morgan fingerprint density at radius 2 is 2.00 bits per heavy atom. The summed E-state index contributed by atoms with van der Waals surface area (Å²) in [6.07, 6.45) is 4.12. The fraction of sp³-hybridized carbons (Fsp3) is 0.476. The number of hydrogen-bond acceptors (Lipinski definition) is 6. The second-order valence-electron chi connectivity index (χ2n) is 7.16. The summed E-state index contributed by atoms with van der Waals surface area (Å²) in [6.45, 7) is 6.63. The largest absolute Gasteiger partial charge is 0.493 e.